The van der Waals surface area contributed by atoms with Gasteiger partial charge in [0, 0.05) is 30.8 Å². The molecule has 0 spiro atoms. The van der Waals surface area contributed by atoms with Crippen molar-refractivity contribution >= 4 is 11.9 Å². The van der Waals surface area contributed by atoms with E-state index in [1.54, 1.807) is 0 Å². The molecule has 0 radical (unpaired) electrons. The maximum atomic E-state index is 13.0. The number of imidazole rings is 1. The number of benzene rings is 1. The Morgan fingerprint density at radius 1 is 1.07 bits per heavy atom. The largest absolute Gasteiger partial charge is 0.479 e. The summed E-state index contributed by atoms with van der Waals surface area (Å²) in [7, 11) is 0. The Labute approximate surface area is 164 Å². The van der Waals surface area contributed by atoms with E-state index in [1.165, 1.54) is 42.5 Å². The summed E-state index contributed by atoms with van der Waals surface area (Å²) in [6, 6.07) is 6.55. The molecule has 0 aliphatic carbocycles. The van der Waals surface area contributed by atoms with Crippen LogP contribution in [0, 0.1) is 0 Å². The van der Waals surface area contributed by atoms with Crippen LogP contribution in [0.1, 0.15) is 59.0 Å². The second kappa shape index (κ2) is 8.14. The first-order valence-corrected chi connectivity index (χ1v) is 10.0. The first-order valence-electron chi connectivity index (χ1n) is 10.0. The number of carboxylic acid groups (broad SMARTS) is 1. The number of fused-ring (bicyclic) bond motifs is 1. The number of hydrogen-bond acceptors (Lipinski definition) is 4. The number of rotatable bonds is 4. The van der Waals surface area contributed by atoms with E-state index >= 15 is 0 Å². The maximum Gasteiger partial charge on any atom is 0.332 e. The number of nitrogens with one attached hydrogen (secondary N) is 1. The number of nitrogens with zero attached hydrogens (tertiary/aromatic N) is 3. The van der Waals surface area contributed by atoms with Crippen molar-refractivity contribution in [2.75, 3.05) is 19.6 Å². The summed E-state index contributed by atoms with van der Waals surface area (Å²) in [6.45, 7) is 3.51. The minimum atomic E-state index is -1.06. The molecule has 2 aliphatic heterocycles. The predicted molar refractivity (Wildman–Crippen MR) is 104 cm³/mol. The summed E-state index contributed by atoms with van der Waals surface area (Å²) >= 11 is 0. The normalized spacial score (nSPS) is 20.4. The van der Waals surface area contributed by atoms with Gasteiger partial charge >= 0.3 is 5.97 Å². The van der Waals surface area contributed by atoms with E-state index < -0.39 is 12.0 Å². The molecule has 1 atom stereocenters. The Morgan fingerprint density at radius 2 is 1.79 bits per heavy atom. The van der Waals surface area contributed by atoms with Crippen molar-refractivity contribution < 1.29 is 14.7 Å². The number of aromatic amines is 1. The number of carbonyl (C=O) groups excluding carboxylic acids is 1. The van der Waals surface area contributed by atoms with Gasteiger partial charge in [-0.15, -0.1) is 0 Å². The van der Waals surface area contributed by atoms with Crippen molar-refractivity contribution in [1.29, 1.82) is 0 Å². The molecule has 148 valence electrons. The van der Waals surface area contributed by atoms with E-state index in [4.69, 9.17) is 0 Å². The third kappa shape index (κ3) is 3.80. The van der Waals surface area contributed by atoms with Gasteiger partial charge in [-0.3, -0.25) is 9.69 Å². The molecular formula is C21H26N4O3. The van der Waals surface area contributed by atoms with Gasteiger partial charge < -0.3 is 15.0 Å². The molecule has 1 amide bonds. The van der Waals surface area contributed by atoms with Crippen molar-refractivity contribution in [2.24, 2.45) is 0 Å². The number of amides is 1. The summed E-state index contributed by atoms with van der Waals surface area (Å²) in [5, 5.41) is 9.67. The summed E-state index contributed by atoms with van der Waals surface area (Å²) in [6.07, 6.45) is 7.18. The lowest BCUT2D eigenvalue weighted by molar-refractivity contribution is -0.143. The lowest BCUT2D eigenvalue weighted by atomic mass is 10.0. The number of carboxylic acids is 1. The molecule has 1 aromatic heterocycles. The van der Waals surface area contributed by atoms with Gasteiger partial charge in [-0.05, 0) is 43.6 Å². The molecule has 7 nitrogen and oxygen atoms in total. The fourth-order valence-electron chi connectivity index (χ4n) is 4.22. The molecule has 2 aromatic rings. The highest BCUT2D eigenvalue weighted by Crippen LogP contribution is 2.29. The summed E-state index contributed by atoms with van der Waals surface area (Å²) < 4.78 is 0. The molecule has 2 N–H and O–H groups in total. The van der Waals surface area contributed by atoms with Crippen LogP contribution in [0.2, 0.25) is 0 Å². The zero-order valence-electron chi connectivity index (χ0n) is 15.9. The summed E-state index contributed by atoms with van der Waals surface area (Å²) in [4.78, 5) is 35.8. The number of likely N-dealkylation sites (tertiary alicyclic amines) is 1. The van der Waals surface area contributed by atoms with E-state index in [0.29, 0.717) is 24.2 Å². The lowest BCUT2D eigenvalue weighted by Gasteiger charge is -2.32. The summed E-state index contributed by atoms with van der Waals surface area (Å²) in [5.41, 5.74) is 2.93. The van der Waals surface area contributed by atoms with Gasteiger partial charge in [0.2, 0.25) is 0 Å². The van der Waals surface area contributed by atoms with Crippen LogP contribution in [0.4, 0.5) is 0 Å². The van der Waals surface area contributed by atoms with Crippen LogP contribution in [-0.2, 0) is 17.8 Å². The second-order valence-electron chi connectivity index (χ2n) is 7.64. The van der Waals surface area contributed by atoms with Gasteiger partial charge in [0.1, 0.15) is 0 Å². The van der Waals surface area contributed by atoms with E-state index in [1.807, 2.05) is 24.3 Å². The summed E-state index contributed by atoms with van der Waals surface area (Å²) in [5.74, 6) is -1.32. The van der Waals surface area contributed by atoms with Crippen LogP contribution in [0.25, 0.3) is 0 Å². The fraction of sp³-hybridized carbons (Fsp3) is 0.476. The molecule has 1 saturated heterocycles. The topological polar surface area (TPSA) is 89.5 Å². The first-order chi connectivity index (χ1) is 13.6. The van der Waals surface area contributed by atoms with Crippen molar-refractivity contribution in [3.05, 3.63) is 53.1 Å². The molecule has 0 saturated carbocycles. The number of aliphatic carboxylic acids is 1. The number of aromatic nitrogens is 2. The van der Waals surface area contributed by atoms with Gasteiger partial charge in [-0.1, -0.05) is 25.0 Å². The molecule has 1 aromatic carbocycles. The van der Waals surface area contributed by atoms with Crippen molar-refractivity contribution in [1.82, 2.24) is 19.8 Å². The molecular weight excluding hydrogens is 356 g/mol. The maximum absolute atomic E-state index is 13.0. The standard InChI is InChI=1S/C21H26N4O3/c26-20(25-12-9-17-18(23-14-22-17)19(25)21(27)28)16-7-5-15(6-8-16)13-24-10-3-1-2-4-11-24/h5-8,14,19H,1-4,9-13H2,(H,22,23)(H,27,28)/t19-/m1/s1. The molecule has 28 heavy (non-hydrogen) atoms. The van der Waals surface area contributed by atoms with E-state index in [0.717, 1.165) is 25.3 Å². The molecule has 1 fully saturated rings. The lowest BCUT2D eigenvalue weighted by Crippen LogP contribution is -2.43. The van der Waals surface area contributed by atoms with Crippen molar-refractivity contribution in [3.63, 3.8) is 0 Å². The highest BCUT2D eigenvalue weighted by Gasteiger charge is 2.38. The third-order valence-electron chi connectivity index (χ3n) is 5.73. The van der Waals surface area contributed by atoms with Crippen LogP contribution in [0.15, 0.2) is 30.6 Å². The Hall–Kier alpha value is -2.67. The monoisotopic (exact) mass is 382 g/mol. The first kappa shape index (κ1) is 18.7. The Kier molecular flexibility index (Phi) is 5.43. The highest BCUT2D eigenvalue weighted by atomic mass is 16.4. The second-order valence-corrected chi connectivity index (χ2v) is 7.64. The molecule has 7 heteroatoms. The van der Waals surface area contributed by atoms with E-state index in [9.17, 15) is 14.7 Å². The predicted octanol–water partition coefficient (Wildman–Crippen LogP) is 2.61. The van der Waals surface area contributed by atoms with Gasteiger partial charge in [-0.25, -0.2) is 9.78 Å². The van der Waals surface area contributed by atoms with Gasteiger partial charge in [0.25, 0.3) is 5.91 Å². The molecule has 0 bridgehead atoms. The minimum absolute atomic E-state index is 0.262. The quantitative estimate of drug-likeness (QED) is 0.848. The Balaban J connectivity index is 1.48. The number of carbonyl (C=O) groups is 2. The van der Waals surface area contributed by atoms with Crippen LogP contribution < -0.4 is 0 Å². The third-order valence-corrected chi connectivity index (χ3v) is 5.73. The van der Waals surface area contributed by atoms with E-state index in [2.05, 4.69) is 14.9 Å². The van der Waals surface area contributed by atoms with Crippen molar-refractivity contribution in [3.8, 4) is 0 Å². The van der Waals surface area contributed by atoms with Gasteiger partial charge in [0.05, 0.1) is 12.0 Å². The minimum Gasteiger partial charge on any atom is -0.479 e. The van der Waals surface area contributed by atoms with Crippen molar-refractivity contribution in [2.45, 2.75) is 44.7 Å². The van der Waals surface area contributed by atoms with Crippen LogP contribution >= 0.6 is 0 Å². The fourth-order valence-corrected chi connectivity index (χ4v) is 4.22. The van der Waals surface area contributed by atoms with Gasteiger partial charge in [-0.2, -0.15) is 0 Å². The van der Waals surface area contributed by atoms with Crippen LogP contribution in [0.5, 0.6) is 0 Å². The SMILES string of the molecule is O=C(O)[C@H]1c2nc[nH]c2CCN1C(=O)c1ccc(CN2CCCCCC2)cc1. The smallest absolute Gasteiger partial charge is 0.332 e. The molecule has 2 aliphatic rings. The molecule has 4 rings (SSSR count). The average molecular weight is 382 g/mol. The Morgan fingerprint density at radius 3 is 2.46 bits per heavy atom. The van der Waals surface area contributed by atoms with Crippen LogP contribution in [0.3, 0.4) is 0 Å². The number of hydrogen-bond donors (Lipinski definition) is 2. The average Bonchev–Trinajstić information content (AvgIpc) is 3.03. The van der Waals surface area contributed by atoms with Gasteiger partial charge in [0.15, 0.2) is 6.04 Å². The Bertz CT molecular complexity index is 838. The zero-order chi connectivity index (χ0) is 19.5. The van der Waals surface area contributed by atoms with E-state index in [-0.39, 0.29) is 5.91 Å². The molecule has 3 heterocycles. The van der Waals surface area contributed by atoms with Crippen LogP contribution in [-0.4, -0.2) is 56.4 Å². The zero-order valence-corrected chi connectivity index (χ0v) is 15.9. The number of H-pyrrole nitrogens is 1. The highest BCUT2D eigenvalue weighted by molar-refractivity contribution is 5.97. The molecule has 0 unspecified atom stereocenters.